The van der Waals surface area contributed by atoms with Crippen LogP contribution in [0, 0.1) is 0 Å². The number of rotatable bonds is 2. The first-order valence-electron chi connectivity index (χ1n) is 8.43. The summed E-state index contributed by atoms with van der Waals surface area (Å²) in [6.07, 6.45) is 3.21. The van der Waals surface area contributed by atoms with Gasteiger partial charge < -0.3 is 19.4 Å². The van der Waals surface area contributed by atoms with Gasteiger partial charge in [0.1, 0.15) is 0 Å². The van der Waals surface area contributed by atoms with Crippen molar-refractivity contribution in [1.82, 2.24) is 10.2 Å². The molecule has 3 atom stereocenters. The highest BCUT2D eigenvalue weighted by Gasteiger charge is 2.46. The molecule has 0 aromatic heterocycles. The van der Waals surface area contributed by atoms with E-state index in [0.717, 1.165) is 32.4 Å². The zero-order chi connectivity index (χ0) is 16.5. The standard InChI is InChI=1S/C16H32N2O3Si/c1-16(2,3)22(5,6)21-13-9-7-8-12-14(13)17-10-11-18(12)15(19)20-4/h12-14,17H,7-11H2,1-6H3/t12-,13+,14-/m0/s1. The predicted molar refractivity (Wildman–Crippen MR) is 90.6 cm³/mol. The number of piperazine rings is 1. The van der Waals surface area contributed by atoms with Crippen molar-refractivity contribution >= 4 is 14.4 Å². The largest absolute Gasteiger partial charge is 0.453 e. The second-order valence-electron chi connectivity index (χ2n) is 8.06. The fraction of sp³-hybridized carbons (Fsp3) is 0.938. The minimum absolute atomic E-state index is 0.199. The van der Waals surface area contributed by atoms with Gasteiger partial charge in [0.2, 0.25) is 0 Å². The van der Waals surface area contributed by atoms with Crippen LogP contribution in [0.5, 0.6) is 0 Å². The fourth-order valence-electron chi connectivity index (χ4n) is 3.30. The van der Waals surface area contributed by atoms with Gasteiger partial charge in [-0.2, -0.15) is 0 Å². The van der Waals surface area contributed by atoms with Crippen molar-refractivity contribution < 1.29 is 14.0 Å². The summed E-state index contributed by atoms with van der Waals surface area (Å²) >= 11 is 0. The third-order valence-electron chi connectivity index (χ3n) is 5.60. The molecule has 1 aliphatic carbocycles. The predicted octanol–water partition coefficient (Wildman–Crippen LogP) is 2.97. The van der Waals surface area contributed by atoms with Crippen LogP contribution in [0.25, 0.3) is 0 Å². The lowest BCUT2D eigenvalue weighted by Gasteiger charge is -2.50. The molecule has 2 rings (SSSR count). The number of hydrogen-bond acceptors (Lipinski definition) is 4. The zero-order valence-electron chi connectivity index (χ0n) is 14.9. The van der Waals surface area contributed by atoms with E-state index in [1.807, 2.05) is 4.90 Å². The summed E-state index contributed by atoms with van der Waals surface area (Å²) in [5.41, 5.74) is 0. The van der Waals surface area contributed by atoms with E-state index in [4.69, 9.17) is 9.16 Å². The number of ether oxygens (including phenoxy) is 1. The van der Waals surface area contributed by atoms with Crippen LogP contribution in [-0.4, -0.2) is 57.7 Å². The Kier molecular flexibility index (Phi) is 5.24. The molecule has 1 saturated heterocycles. The number of methoxy groups -OCH3 is 1. The molecule has 1 N–H and O–H groups in total. The normalized spacial score (nSPS) is 29.9. The molecule has 0 bridgehead atoms. The van der Waals surface area contributed by atoms with Gasteiger partial charge in [0.05, 0.1) is 25.3 Å². The van der Waals surface area contributed by atoms with Gasteiger partial charge in [-0.15, -0.1) is 0 Å². The van der Waals surface area contributed by atoms with Gasteiger partial charge in [-0.3, -0.25) is 0 Å². The number of fused-ring (bicyclic) bond motifs is 1. The Hall–Kier alpha value is -0.593. The van der Waals surface area contributed by atoms with E-state index >= 15 is 0 Å². The maximum Gasteiger partial charge on any atom is 0.409 e. The smallest absolute Gasteiger partial charge is 0.409 e. The van der Waals surface area contributed by atoms with E-state index in [2.05, 4.69) is 39.2 Å². The summed E-state index contributed by atoms with van der Waals surface area (Å²) < 4.78 is 11.6. The van der Waals surface area contributed by atoms with E-state index in [1.165, 1.54) is 7.11 Å². The maximum absolute atomic E-state index is 12.0. The molecule has 128 valence electrons. The van der Waals surface area contributed by atoms with E-state index in [1.54, 1.807) is 0 Å². The summed E-state index contributed by atoms with van der Waals surface area (Å²) in [6, 6.07) is 0.431. The average Bonchev–Trinajstić information content (AvgIpc) is 2.44. The van der Waals surface area contributed by atoms with Crippen LogP contribution in [0.1, 0.15) is 40.0 Å². The average molecular weight is 329 g/mol. The van der Waals surface area contributed by atoms with E-state index in [9.17, 15) is 4.79 Å². The first-order valence-corrected chi connectivity index (χ1v) is 11.3. The van der Waals surface area contributed by atoms with Gasteiger partial charge >= 0.3 is 6.09 Å². The molecule has 0 aromatic carbocycles. The summed E-state index contributed by atoms with van der Waals surface area (Å²) in [5, 5.41) is 3.81. The van der Waals surface area contributed by atoms with Gasteiger partial charge in [-0.05, 0) is 37.4 Å². The summed E-state index contributed by atoms with van der Waals surface area (Å²) in [5.74, 6) is 0. The van der Waals surface area contributed by atoms with Crippen molar-refractivity contribution in [3.8, 4) is 0 Å². The van der Waals surface area contributed by atoms with Crippen LogP contribution in [0.2, 0.25) is 18.1 Å². The van der Waals surface area contributed by atoms with Crippen molar-refractivity contribution in [1.29, 1.82) is 0 Å². The van der Waals surface area contributed by atoms with E-state index in [0.29, 0.717) is 0 Å². The molecule has 2 fully saturated rings. The van der Waals surface area contributed by atoms with E-state index in [-0.39, 0.29) is 29.3 Å². The van der Waals surface area contributed by atoms with Crippen molar-refractivity contribution in [3.05, 3.63) is 0 Å². The molecular formula is C16H32N2O3Si. The molecular weight excluding hydrogens is 296 g/mol. The van der Waals surface area contributed by atoms with Gasteiger partial charge in [-0.1, -0.05) is 20.8 Å². The van der Waals surface area contributed by atoms with Gasteiger partial charge in [0.15, 0.2) is 8.32 Å². The van der Waals surface area contributed by atoms with Crippen LogP contribution in [-0.2, 0) is 9.16 Å². The monoisotopic (exact) mass is 328 g/mol. The molecule has 0 spiro atoms. The molecule has 0 aromatic rings. The molecule has 0 radical (unpaired) electrons. The van der Waals surface area contributed by atoms with Gasteiger partial charge in [0, 0.05) is 13.1 Å². The van der Waals surface area contributed by atoms with Crippen LogP contribution in [0.4, 0.5) is 4.79 Å². The number of nitrogens with one attached hydrogen (secondary N) is 1. The molecule has 1 heterocycles. The fourth-order valence-corrected chi connectivity index (χ4v) is 4.68. The number of hydrogen-bond donors (Lipinski definition) is 1. The Morgan fingerprint density at radius 1 is 1.27 bits per heavy atom. The van der Waals surface area contributed by atoms with Crippen LogP contribution < -0.4 is 5.32 Å². The lowest BCUT2D eigenvalue weighted by atomic mass is 9.85. The first kappa shape index (κ1) is 17.8. The molecule has 22 heavy (non-hydrogen) atoms. The maximum atomic E-state index is 12.0. The Balaban J connectivity index is 2.13. The number of carbonyl (C=O) groups excluding carboxylic acids is 1. The van der Waals surface area contributed by atoms with Crippen molar-refractivity contribution in [2.45, 2.75) is 76.4 Å². The first-order chi connectivity index (χ1) is 10.2. The Morgan fingerprint density at radius 3 is 2.55 bits per heavy atom. The molecule has 0 unspecified atom stereocenters. The van der Waals surface area contributed by atoms with Crippen molar-refractivity contribution in [3.63, 3.8) is 0 Å². The third-order valence-corrected chi connectivity index (χ3v) is 10.1. The lowest BCUT2D eigenvalue weighted by Crippen LogP contribution is -2.66. The van der Waals surface area contributed by atoms with Crippen molar-refractivity contribution in [2.75, 3.05) is 20.2 Å². The molecule has 1 aliphatic heterocycles. The Bertz CT molecular complexity index is 409. The minimum atomic E-state index is -1.80. The van der Waals surface area contributed by atoms with Gasteiger partial charge in [-0.25, -0.2) is 4.79 Å². The summed E-state index contributed by atoms with van der Waals surface area (Å²) in [6.45, 7) is 13.0. The quantitative estimate of drug-likeness (QED) is 0.792. The van der Waals surface area contributed by atoms with E-state index < -0.39 is 8.32 Å². The van der Waals surface area contributed by atoms with Gasteiger partial charge in [0.25, 0.3) is 0 Å². The summed E-state index contributed by atoms with van der Waals surface area (Å²) in [7, 11) is -0.337. The molecule has 6 heteroatoms. The molecule has 2 aliphatic rings. The SMILES string of the molecule is COC(=O)N1CCN[C@@H]2[C@H](O[Si](C)(C)C(C)(C)C)CCC[C@@H]21. The number of carbonyl (C=O) groups is 1. The second-order valence-corrected chi connectivity index (χ2v) is 12.8. The molecule has 5 nitrogen and oxygen atoms in total. The Labute approximate surface area is 135 Å². The Morgan fingerprint density at radius 2 is 1.95 bits per heavy atom. The number of nitrogens with zero attached hydrogens (tertiary/aromatic N) is 1. The highest BCUT2D eigenvalue weighted by molar-refractivity contribution is 6.74. The topological polar surface area (TPSA) is 50.8 Å². The van der Waals surface area contributed by atoms with Crippen LogP contribution in [0.15, 0.2) is 0 Å². The zero-order valence-corrected chi connectivity index (χ0v) is 15.9. The minimum Gasteiger partial charge on any atom is -0.453 e. The second kappa shape index (κ2) is 6.49. The third kappa shape index (κ3) is 3.49. The number of amides is 1. The van der Waals surface area contributed by atoms with Crippen molar-refractivity contribution in [2.24, 2.45) is 0 Å². The van der Waals surface area contributed by atoms with Crippen LogP contribution >= 0.6 is 0 Å². The lowest BCUT2D eigenvalue weighted by molar-refractivity contribution is 0.00927. The van der Waals surface area contributed by atoms with Crippen LogP contribution in [0.3, 0.4) is 0 Å². The highest BCUT2D eigenvalue weighted by Crippen LogP contribution is 2.40. The highest BCUT2D eigenvalue weighted by atomic mass is 28.4. The molecule has 1 amide bonds. The summed E-state index contributed by atoms with van der Waals surface area (Å²) in [4.78, 5) is 13.9. The molecule has 1 saturated carbocycles.